The zero-order valence-corrected chi connectivity index (χ0v) is 11.2. The van der Waals surface area contributed by atoms with Crippen LogP contribution in [0, 0.1) is 12.8 Å². The minimum atomic E-state index is -3.23. The summed E-state index contributed by atoms with van der Waals surface area (Å²) in [6, 6.07) is 0. The number of carbonyl (C=O) groups is 1. The molecule has 95 valence electrons. The number of amides is 1. The number of hydrogen-bond donors (Lipinski definition) is 0. The van der Waals surface area contributed by atoms with Crippen molar-refractivity contribution in [3.8, 4) is 0 Å². The summed E-state index contributed by atoms with van der Waals surface area (Å²) in [6.45, 7) is 3.68. The topological polar surface area (TPSA) is 57.7 Å². The number of nitrogens with zero attached hydrogens (tertiary/aromatic N) is 2. The number of sulfonamides is 1. The lowest BCUT2D eigenvalue weighted by molar-refractivity contribution is -0.132. The monoisotopic (exact) mass is 249 g/mol. The highest BCUT2D eigenvalue weighted by Gasteiger charge is 2.22. The Kier molecular flexibility index (Phi) is 5.96. The summed E-state index contributed by atoms with van der Waals surface area (Å²) in [4.78, 5) is 13.1. The minimum Gasteiger partial charge on any atom is -0.349 e. The van der Waals surface area contributed by atoms with E-state index in [1.54, 1.807) is 14.1 Å². The third-order valence-electron chi connectivity index (χ3n) is 2.42. The summed E-state index contributed by atoms with van der Waals surface area (Å²) < 4.78 is 24.2. The standard InChI is InChI=1S/C10H21N2O3S/c1-6-9(10(13)11(2)3)7-8-16(14,15)12(4)5/h9H,1,6-8H2,2-5H3. The van der Waals surface area contributed by atoms with Crippen molar-refractivity contribution in [2.75, 3.05) is 33.9 Å². The van der Waals surface area contributed by atoms with Crippen molar-refractivity contribution in [2.24, 2.45) is 5.92 Å². The van der Waals surface area contributed by atoms with Crippen LogP contribution in [0.15, 0.2) is 0 Å². The molecule has 0 aromatic heterocycles. The van der Waals surface area contributed by atoms with Gasteiger partial charge in [-0.15, -0.1) is 0 Å². The maximum Gasteiger partial charge on any atom is 0.225 e. The molecule has 0 bridgehead atoms. The molecule has 0 aromatic carbocycles. The summed E-state index contributed by atoms with van der Waals surface area (Å²) >= 11 is 0. The lowest BCUT2D eigenvalue weighted by Gasteiger charge is -2.20. The first-order valence-corrected chi connectivity index (χ1v) is 6.74. The van der Waals surface area contributed by atoms with E-state index in [-0.39, 0.29) is 17.6 Å². The van der Waals surface area contributed by atoms with E-state index in [1.165, 1.54) is 23.3 Å². The second kappa shape index (κ2) is 6.20. The molecule has 0 saturated carbocycles. The van der Waals surface area contributed by atoms with Crippen LogP contribution < -0.4 is 0 Å². The highest BCUT2D eigenvalue weighted by atomic mass is 32.2. The predicted molar refractivity (Wildman–Crippen MR) is 64.2 cm³/mol. The van der Waals surface area contributed by atoms with Crippen molar-refractivity contribution in [1.82, 2.24) is 9.21 Å². The van der Waals surface area contributed by atoms with Gasteiger partial charge in [0.1, 0.15) is 0 Å². The Hall–Kier alpha value is -0.620. The maximum atomic E-state index is 11.6. The Morgan fingerprint density at radius 3 is 2.06 bits per heavy atom. The van der Waals surface area contributed by atoms with Gasteiger partial charge in [-0.3, -0.25) is 4.79 Å². The third-order valence-corrected chi connectivity index (χ3v) is 4.28. The molecule has 1 unspecified atom stereocenters. The van der Waals surface area contributed by atoms with Gasteiger partial charge in [0.05, 0.1) is 5.75 Å². The average molecular weight is 249 g/mol. The van der Waals surface area contributed by atoms with Gasteiger partial charge < -0.3 is 4.90 Å². The second-order valence-electron chi connectivity index (χ2n) is 4.11. The molecule has 1 atom stereocenters. The van der Waals surface area contributed by atoms with Crippen LogP contribution in [0.4, 0.5) is 0 Å². The van der Waals surface area contributed by atoms with Crippen molar-refractivity contribution in [3.63, 3.8) is 0 Å². The van der Waals surface area contributed by atoms with Crippen molar-refractivity contribution < 1.29 is 13.2 Å². The smallest absolute Gasteiger partial charge is 0.225 e. The molecule has 0 aliphatic carbocycles. The zero-order chi connectivity index (χ0) is 12.9. The predicted octanol–water partition coefficient (Wildman–Crippen LogP) is 0.196. The first-order chi connectivity index (χ1) is 7.22. The van der Waals surface area contributed by atoms with E-state index in [1.807, 2.05) is 0 Å². The normalized spacial score (nSPS) is 13.9. The van der Waals surface area contributed by atoms with E-state index in [9.17, 15) is 13.2 Å². The van der Waals surface area contributed by atoms with Crippen LogP contribution in [0.2, 0.25) is 0 Å². The van der Waals surface area contributed by atoms with Gasteiger partial charge in [0.15, 0.2) is 0 Å². The molecule has 5 nitrogen and oxygen atoms in total. The summed E-state index contributed by atoms with van der Waals surface area (Å²) in [5.41, 5.74) is 0. The quantitative estimate of drug-likeness (QED) is 0.675. The molecule has 0 spiro atoms. The van der Waals surface area contributed by atoms with Gasteiger partial charge in [-0.25, -0.2) is 12.7 Å². The van der Waals surface area contributed by atoms with Crippen LogP contribution in [-0.4, -0.2) is 57.5 Å². The zero-order valence-electron chi connectivity index (χ0n) is 10.4. The molecular weight excluding hydrogens is 228 g/mol. The van der Waals surface area contributed by atoms with E-state index < -0.39 is 10.0 Å². The molecule has 0 heterocycles. The Labute approximate surface area is 98.5 Å². The second-order valence-corrected chi connectivity index (χ2v) is 6.41. The Balaban J connectivity index is 4.43. The molecule has 0 rings (SSSR count). The lowest BCUT2D eigenvalue weighted by Crippen LogP contribution is -2.32. The summed E-state index contributed by atoms with van der Waals surface area (Å²) in [5.74, 6) is -0.395. The fraction of sp³-hybridized carbons (Fsp3) is 0.800. The van der Waals surface area contributed by atoms with Gasteiger partial charge in [-0.2, -0.15) is 0 Å². The third kappa shape index (κ3) is 4.49. The first-order valence-electron chi connectivity index (χ1n) is 5.13. The van der Waals surface area contributed by atoms with E-state index in [2.05, 4.69) is 6.92 Å². The van der Waals surface area contributed by atoms with Crippen molar-refractivity contribution in [2.45, 2.75) is 12.8 Å². The molecular formula is C10H21N2O3S. The molecule has 6 heteroatoms. The fourth-order valence-corrected chi connectivity index (χ4v) is 2.18. The molecule has 0 fully saturated rings. The van der Waals surface area contributed by atoms with Crippen LogP contribution in [0.1, 0.15) is 12.8 Å². The molecule has 1 radical (unpaired) electrons. The van der Waals surface area contributed by atoms with Crippen LogP contribution in [0.3, 0.4) is 0 Å². The number of carbonyl (C=O) groups excluding carboxylic acids is 1. The SMILES string of the molecule is [CH2]CC(CCS(=O)(=O)N(C)C)C(=O)N(C)C. The van der Waals surface area contributed by atoms with Gasteiger partial charge in [0, 0.05) is 34.1 Å². The number of hydrogen-bond acceptors (Lipinski definition) is 3. The Morgan fingerprint density at radius 2 is 1.75 bits per heavy atom. The largest absolute Gasteiger partial charge is 0.349 e. The van der Waals surface area contributed by atoms with Crippen molar-refractivity contribution in [1.29, 1.82) is 0 Å². The van der Waals surface area contributed by atoms with Crippen LogP contribution in [0.25, 0.3) is 0 Å². The van der Waals surface area contributed by atoms with E-state index in [0.717, 1.165) is 0 Å². The van der Waals surface area contributed by atoms with Crippen LogP contribution >= 0.6 is 0 Å². The van der Waals surface area contributed by atoms with Gasteiger partial charge in [-0.1, -0.05) is 6.92 Å². The fourth-order valence-electron chi connectivity index (χ4n) is 1.23. The molecule has 16 heavy (non-hydrogen) atoms. The van der Waals surface area contributed by atoms with E-state index >= 15 is 0 Å². The molecule has 0 aliphatic rings. The van der Waals surface area contributed by atoms with Crippen molar-refractivity contribution in [3.05, 3.63) is 6.92 Å². The molecule has 0 aromatic rings. The van der Waals surface area contributed by atoms with Gasteiger partial charge in [-0.05, 0) is 12.8 Å². The molecule has 0 saturated heterocycles. The van der Waals surface area contributed by atoms with Gasteiger partial charge >= 0.3 is 0 Å². The summed E-state index contributed by atoms with van der Waals surface area (Å²) in [7, 11) is 3.07. The maximum absolute atomic E-state index is 11.6. The van der Waals surface area contributed by atoms with E-state index in [0.29, 0.717) is 12.8 Å². The summed E-state index contributed by atoms with van der Waals surface area (Å²) in [6.07, 6.45) is 0.737. The minimum absolute atomic E-state index is 0.0141. The van der Waals surface area contributed by atoms with Crippen LogP contribution in [0.5, 0.6) is 0 Å². The molecule has 0 aliphatic heterocycles. The Morgan fingerprint density at radius 1 is 1.25 bits per heavy atom. The van der Waals surface area contributed by atoms with Gasteiger partial charge in [0.25, 0.3) is 0 Å². The lowest BCUT2D eigenvalue weighted by atomic mass is 10.0. The molecule has 0 N–H and O–H groups in total. The molecule has 1 amide bonds. The highest BCUT2D eigenvalue weighted by Crippen LogP contribution is 2.13. The Bertz CT molecular complexity index is 323. The number of rotatable bonds is 6. The van der Waals surface area contributed by atoms with Gasteiger partial charge in [0.2, 0.25) is 15.9 Å². The van der Waals surface area contributed by atoms with Crippen LogP contribution in [-0.2, 0) is 14.8 Å². The first kappa shape index (κ1) is 15.4. The average Bonchev–Trinajstić information content (AvgIpc) is 2.17. The summed E-state index contributed by atoms with van der Waals surface area (Å²) in [5, 5.41) is 0. The van der Waals surface area contributed by atoms with E-state index in [4.69, 9.17) is 0 Å². The highest BCUT2D eigenvalue weighted by molar-refractivity contribution is 7.89. The van der Waals surface area contributed by atoms with Crippen molar-refractivity contribution >= 4 is 15.9 Å².